The lowest BCUT2D eigenvalue weighted by Crippen LogP contribution is -2.30. The molecule has 2 heterocycles. The fraction of sp³-hybridized carbons (Fsp3) is 0.304. The summed E-state index contributed by atoms with van der Waals surface area (Å²) in [6.07, 6.45) is 1.45. The number of aromatic nitrogens is 1. The molecule has 0 unspecified atom stereocenters. The number of halogens is 1. The molecule has 0 spiro atoms. The Morgan fingerprint density at radius 3 is 2.74 bits per heavy atom. The number of hydrogen-bond donors (Lipinski definition) is 1. The summed E-state index contributed by atoms with van der Waals surface area (Å²) < 4.78 is 18.8. The van der Waals surface area contributed by atoms with E-state index in [1.165, 1.54) is 0 Å². The monoisotopic (exact) mass is 442 g/mol. The Morgan fingerprint density at radius 2 is 2.00 bits per heavy atom. The van der Waals surface area contributed by atoms with Crippen LogP contribution >= 0.6 is 11.6 Å². The first-order valence-corrected chi connectivity index (χ1v) is 10.5. The van der Waals surface area contributed by atoms with Crippen LogP contribution in [0.25, 0.3) is 10.9 Å². The molecule has 4 rings (SSSR count). The Hall–Kier alpha value is -3.19. The molecule has 1 aromatic heterocycles. The minimum absolute atomic E-state index is 0.00934. The van der Waals surface area contributed by atoms with E-state index in [1.54, 1.807) is 36.5 Å². The van der Waals surface area contributed by atoms with Crippen LogP contribution in [0.15, 0.2) is 41.3 Å². The number of rotatable bonds is 6. The number of amides is 1. The van der Waals surface area contributed by atoms with E-state index in [0.29, 0.717) is 48.2 Å². The van der Waals surface area contributed by atoms with Gasteiger partial charge >= 0.3 is 0 Å². The first kappa shape index (κ1) is 21.1. The lowest BCUT2D eigenvalue weighted by molar-refractivity contribution is 0.102. The summed E-state index contributed by atoms with van der Waals surface area (Å²) in [6, 6.07) is 8.52. The molecule has 162 valence electrons. The Bertz CT molecular complexity index is 1220. The number of benzene rings is 2. The number of pyridine rings is 1. The van der Waals surface area contributed by atoms with Crippen LogP contribution in [0.1, 0.15) is 31.1 Å². The quantitative estimate of drug-likeness (QED) is 0.608. The van der Waals surface area contributed by atoms with Crippen molar-refractivity contribution < 1.29 is 19.0 Å². The highest BCUT2D eigenvalue weighted by Gasteiger charge is 2.25. The number of hydrogen-bond acceptors (Lipinski definition) is 5. The molecule has 0 radical (unpaired) electrons. The fourth-order valence-corrected chi connectivity index (χ4v) is 3.97. The van der Waals surface area contributed by atoms with Crippen molar-refractivity contribution in [1.82, 2.24) is 4.57 Å². The van der Waals surface area contributed by atoms with Crippen LogP contribution in [-0.4, -0.2) is 29.8 Å². The molecular formula is C23H23ClN2O5. The van der Waals surface area contributed by atoms with Crippen LogP contribution < -0.4 is 25.0 Å². The van der Waals surface area contributed by atoms with Gasteiger partial charge in [-0.3, -0.25) is 9.59 Å². The van der Waals surface area contributed by atoms with E-state index >= 15 is 0 Å². The third kappa shape index (κ3) is 3.93. The van der Waals surface area contributed by atoms with Gasteiger partial charge in [-0.25, -0.2) is 0 Å². The summed E-state index contributed by atoms with van der Waals surface area (Å²) in [5.41, 5.74) is 0.561. The first-order chi connectivity index (χ1) is 14.9. The van der Waals surface area contributed by atoms with Crippen molar-refractivity contribution in [2.75, 3.05) is 18.5 Å². The summed E-state index contributed by atoms with van der Waals surface area (Å²) in [5.74, 6) is 1.10. The molecule has 0 fully saturated rings. The van der Waals surface area contributed by atoms with Gasteiger partial charge in [0.1, 0.15) is 28.9 Å². The van der Waals surface area contributed by atoms with Gasteiger partial charge in [-0.15, -0.1) is 0 Å². The van der Waals surface area contributed by atoms with Gasteiger partial charge in [-0.2, -0.15) is 0 Å². The minimum Gasteiger partial charge on any atom is -0.494 e. The van der Waals surface area contributed by atoms with E-state index in [2.05, 4.69) is 5.32 Å². The van der Waals surface area contributed by atoms with Crippen LogP contribution in [-0.2, 0) is 6.54 Å². The standard InChI is InChI=1S/C23H23ClN2O5/c1-4-29-14-6-8-18(30-5-2)17(10-14)25-23(28)15-12-26-11-13(3)31-19-9-7-16(24)20(21(19)26)22(15)27/h6-10,12-13H,4-5,11H2,1-3H3,(H,25,28)/t13-/m1/s1. The van der Waals surface area contributed by atoms with E-state index in [-0.39, 0.29) is 22.1 Å². The second-order valence-corrected chi connectivity index (χ2v) is 7.61. The van der Waals surface area contributed by atoms with Gasteiger partial charge in [0.25, 0.3) is 5.91 Å². The van der Waals surface area contributed by atoms with E-state index < -0.39 is 11.3 Å². The van der Waals surface area contributed by atoms with E-state index in [1.807, 2.05) is 25.3 Å². The molecule has 1 aliphatic rings. The Labute approximate surface area is 184 Å². The molecule has 1 aliphatic heterocycles. The van der Waals surface area contributed by atoms with Gasteiger partial charge in [0.05, 0.1) is 41.4 Å². The van der Waals surface area contributed by atoms with Crippen LogP contribution in [0.2, 0.25) is 5.02 Å². The molecule has 0 saturated heterocycles. The maximum atomic E-state index is 13.2. The first-order valence-electron chi connectivity index (χ1n) is 10.2. The van der Waals surface area contributed by atoms with Crippen molar-refractivity contribution in [2.45, 2.75) is 33.4 Å². The molecule has 3 aromatic rings. The van der Waals surface area contributed by atoms with Crippen molar-refractivity contribution in [3.63, 3.8) is 0 Å². The van der Waals surface area contributed by atoms with Gasteiger partial charge in [-0.05, 0) is 45.0 Å². The fourth-order valence-electron chi connectivity index (χ4n) is 3.73. The molecule has 2 aromatic carbocycles. The number of nitrogens with zero attached hydrogens (tertiary/aromatic N) is 1. The normalized spacial score (nSPS) is 14.8. The smallest absolute Gasteiger partial charge is 0.261 e. The van der Waals surface area contributed by atoms with Crippen molar-refractivity contribution in [3.8, 4) is 17.2 Å². The second kappa shape index (κ2) is 8.51. The molecule has 1 atom stereocenters. The van der Waals surface area contributed by atoms with E-state index in [9.17, 15) is 9.59 Å². The predicted octanol–water partition coefficient (Wildman–Crippen LogP) is 4.49. The summed E-state index contributed by atoms with van der Waals surface area (Å²) in [7, 11) is 0. The molecule has 8 heteroatoms. The number of nitrogens with one attached hydrogen (secondary N) is 1. The summed E-state index contributed by atoms with van der Waals surface area (Å²) in [4.78, 5) is 26.4. The molecule has 1 N–H and O–H groups in total. The zero-order valence-corrected chi connectivity index (χ0v) is 18.3. The highest BCUT2D eigenvalue weighted by atomic mass is 35.5. The maximum Gasteiger partial charge on any atom is 0.261 e. The number of anilines is 1. The molecule has 0 saturated carbocycles. The molecule has 0 bridgehead atoms. The predicted molar refractivity (Wildman–Crippen MR) is 120 cm³/mol. The van der Waals surface area contributed by atoms with Gasteiger partial charge in [-0.1, -0.05) is 11.6 Å². The number of carbonyl (C=O) groups is 1. The third-order valence-electron chi connectivity index (χ3n) is 4.97. The average molecular weight is 443 g/mol. The largest absolute Gasteiger partial charge is 0.494 e. The zero-order valence-electron chi connectivity index (χ0n) is 17.5. The minimum atomic E-state index is -0.550. The van der Waals surface area contributed by atoms with E-state index in [4.69, 9.17) is 25.8 Å². The van der Waals surface area contributed by atoms with Crippen molar-refractivity contribution in [2.24, 2.45) is 0 Å². The van der Waals surface area contributed by atoms with Gasteiger partial charge < -0.3 is 24.1 Å². The van der Waals surface area contributed by atoms with Crippen LogP contribution in [0.5, 0.6) is 17.2 Å². The van der Waals surface area contributed by atoms with Gasteiger partial charge in [0.2, 0.25) is 5.43 Å². The number of carbonyl (C=O) groups excluding carboxylic acids is 1. The molecule has 31 heavy (non-hydrogen) atoms. The maximum absolute atomic E-state index is 13.2. The lowest BCUT2D eigenvalue weighted by Gasteiger charge is -2.26. The Morgan fingerprint density at radius 1 is 1.23 bits per heavy atom. The molecule has 1 amide bonds. The van der Waals surface area contributed by atoms with Crippen LogP contribution in [0.3, 0.4) is 0 Å². The summed E-state index contributed by atoms with van der Waals surface area (Å²) >= 11 is 6.35. The van der Waals surface area contributed by atoms with Gasteiger partial charge in [0.15, 0.2) is 0 Å². The summed E-state index contributed by atoms with van der Waals surface area (Å²) in [5, 5.41) is 3.35. The number of ether oxygens (including phenoxy) is 3. The zero-order chi connectivity index (χ0) is 22.1. The third-order valence-corrected chi connectivity index (χ3v) is 5.29. The topological polar surface area (TPSA) is 78.8 Å². The molecule has 0 aliphatic carbocycles. The Kier molecular flexibility index (Phi) is 5.78. The highest BCUT2D eigenvalue weighted by Crippen LogP contribution is 2.34. The molecular weight excluding hydrogens is 420 g/mol. The summed E-state index contributed by atoms with van der Waals surface area (Å²) in [6.45, 7) is 7.06. The average Bonchev–Trinajstić information content (AvgIpc) is 2.73. The van der Waals surface area contributed by atoms with Crippen molar-refractivity contribution in [1.29, 1.82) is 0 Å². The van der Waals surface area contributed by atoms with E-state index in [0.717, 1.165) is 0 Å². The van der Waals surface area contributed by atoms with Crippen LogP contribution in [0, 0.1) is 0 Å². The van der Waals surface area contributed by atoms with Gasteiger partial charge in [0, 0.05) is 12.3 Å². The van der Waals surface area contributed by atoms with Crippen molar-refractivity contribution >= 4 is 34.1 Å². The Balaban J connectivity index is 1.79. The molecule has 7 nitrogen and oxygen atoms in total. The lowest BCUT2D eigenvalue weighted by atomic mass is 10.1. The SMILES string of the molecule is CCOc1ccc(OCC)c(NC(=O)c2cn3c4c(ccc(Cl)c4c2=O)O[C@H](C)C3)c1. The highest BCUT2D eigenvalue weighted by molar-refractivity contribution is 6.35. The second-order valence-electron chi connectivity index (χ2n) is 7.20. The van der Waals surface area contributed by atoms with Crippen molar-refractivity contribution in [3.05, 3.63) is 57.3 Å². The van der Waals surface area contributed by atoms with Crippen LogP contribution in [0.4, 0.5) is 5.69 Å².